The van der Waals surface area contributed by atoms with Gasteiger partial charge in [0.15, 0.2) is 0 Å². The molecule has 0 heterocycles. The van der Waals surface area contributed by atoms with E-state index in [9.17, 15) is 31.5 Å². The van der Waals surface area contributed by atoms with Gasteiger partial charge in [0.05, 0.1) is 10.9 Å². The number of rotatable bonds is 10. The Morgan fingerprint density at radius 2 is 1.70 bits per heavy atom. The third kappa shape index (κ3) is 7.80. The van der Waals surface area contributed by atoms with Gasteiger partial charge in [0.2, 0.25) is 10.0 Å². The van der Waals surface area contributed by atoms with Crippen molar-refractivity contribution >= 4 is 39.1 Å². The highest BCUT2D eigenvalue weighted by Crippen LogP contribution is 2.34. The van der Waals surface area contributed by atoms with Crippen LogP contribution in [-0.4, -0.2) is 36.8 Å². The fourth-order valence-electron chi connectivity index (χ4n) is 3.36. The first-order chi connectivity index (χ1) is 17.5. The summed E-state index contributed by atoms with van der Waals surface area (Å²) in [5, 5.41) is 12.2. The predicted molar refractivity (Wildman–Crippen MR) is 136 cm³/mol. The molecule has 3 N–H and O–H groups in total. The first kappa shape index (κ1) is 26.7. The number of hydrogen-bond donors (Lipinski definition) is 3. The second-order valence-electron chi connectivity index (χ2n) is 8.35. The minimum atomic E-state index is -4.72. The van der Waals surface area contributed by atoms with Gasteiger partial charge in [-0.3, -0.25) is 9.52 Å². The SMILES string of the molecule is O=C(Nc1ccc(O)c(NS(=O)(=O)C2CC2)c1)c1ccc(SCCc2ccc(OC(F)(F)F)cc2)cc1. The molecule has 1 saturated carbocycles. The van der Waals surface area contributed by atoms with Crippen LogP contribution in [0.15, 0.2) is 71.6 Å². The van der Waals surface area contributed by atoms with Crippen LogP contribution in [0.4, 0.5) is 24.5 Å². The number of benzene rings is 3. The third-order valence-corrected chi connectivity index (χ3v) is 8.27. The largest absolute Gasteiger partial charge is 0.573 e. The summed E-state index contributed by atoms with van der Waals surface area (Å²) in [5.41, 5.74) is 1.57. The lowest BCUT2D eigenvalue weighted by Crippen LogP contribution is -2.18. The lowest BCUT2D eigenvalue weighted by molar-refractivity contribution is -0.274. The van der Waals surface area contributed by atoms with E-state index < -0.39 is 27.5 Å². The molecule has 0 bridgehead atoms. The van der Waals surface area contributed by atoms with Crippen LogP contribution in [0.2, 0.25) is 0 Å². The first-order valence-electron chi connectivity index (χ1n) is 11.2. The highest BCUT2D eigenvalue weighted by atomic mass is 32.2. The monoisotopic (exact) mass is 552 g/mol. The molecule has 3 aromatic rings. The van der Waals surface area contributed by atoms with E-state index in [-0.39, 0.29) is 17.2 Å². The highest BCUT2D eigenvalue weighted by molar-refractivity contribution is 7.99. The Bertz CT molecular complexity index is 1360. The molecule has 1 fully saturated rings. The average Bonchev–Trinajstić information content (AvgIpc) is 3.68. The molecular formula is C25H23F3N2O5S2. The van der Waals surface area contributed by atoms with Gasteiger partial charge in [0.1, 0.15) is 11.5 Å². The Balaban J connectivity index is 1.29. The second-order valence-corrected chi connectivity index (χ2v) is 11.5. The van der Waals surface area contributed by atoms with Crippen molar-refractivity contribution in [1.82, 2.24) is 0 Å². The van der Waals surface area contributed by atoms with Gasteiger partial charge in [-0.1, -0.05) is 12.1 Å². The number of carbonyl (C=O) groups is 1. The van der Waals surface area contributed by atoms with Crippen LogP contribution in [-0.2, 0) is 16.4 Å². The zero-order valence-corrected chi connectivity index (χ0v) is 20.9. The van der Waals surface area contributed by atoms with Gasteiger partial charge in [-0.05, 0) is 79.4 Å². The number of ether oxygens (including phenoxy) is 1. The smallest absolute Gasteiger partial charge is 0.506 e. The number of phenolic OH excluding ortho intramolecular Hbond substituents is 1. The van der Waals surface area contributed by atoms with Gasteiger partial charge in [0, 0.05) is 21.9 Å². The number of hydrogen-bond acceptors (Lipinski definition) is 6. The van der Waals surface area contributed by atoms with E-state index in [2.05, 4.69) is 14.8 Å². The number of anilines is 2. The molecule has 0 atom stereocenters. The van der Waals surface area contributed by atoms with Gasteiger partial charge in [-0.2, -0.15) is 0 Å². The molecule has 0 aromatic heterocycles. The Morgan fingerprint density at radius 3 is 2.32 bits per heavy atom. The number of alkyl halides is 3. The quantitative estimate of drug-likeness (QED) is 0.167. The van der Waals surface area contributed by atoms with E-state index in [1.54, 1.807) is 36.4 Å². The molecule has 0 aliphatic heterocycles. The number of aromatic hydroxyl groups is 1. The van der Waals surface area contributed by atoms with Crippen molar-refractivity contribution in [2.45, 2.75) is 35.8 Å². The number of halogens is 3. The molecule has 1 aliphatic carbocycles. The number of nitrogens with one attached hydrogen (secondary N) is 2. The fraction of sp³-hybridized carbons (Fsp3) is 0.240. The van der Waals surface area contributed by atoms with Crippen molar-refractivity contribution in [2.75, 3.05) is 15.8 Å². The van der Waals surface area contributed by atoms with Gasteiger partial charge in [0.25, 0.3) is 5.91 Å². The van der Waals surface area contributed by atoms with Crippen LogP contribution in [0.25, 0.3) is 0 Å². The van der Waals surface area contributed by atoms with Gasteiger partial charge < -0.3 is 15.2 Å². The van der Waals surface area contributed by atoms with E-state index >= 15 is 0 Å². The van der Waals surface area contributed by atoms with Crippen LogP contribution < -0.4 is 14.8 Å². The Labute approximate surface area is 216 Å². The summed E-state index contributed by atoms with van der Waals surface area (Å²) in [6.45, 7) is 0. The molecule has 12 heteroatoms. The molecule has 196 valence electrons. The topological polar surface area (TPSA) is 105 Å². The summed E-state index contributed by atoms with van der Waals surface area (Å²) in [6, 6.07) is 16.7. The Kier molecular flexibility index (Phi) is 7.88. The van der Waals surface area contributed by atoms with Crippen molar-refractivity contribution in [2.24, 2.45) is 0 Å². The minimum Gasteiger partial charge on any atom is -0.506 e. The van der Waals surface area contributed by atoms with E-state index in [4.69, 9.17) is 0 Å². The minimum absolute atomic E-state index is 0.000958. The number of phenols is 1. The lowest BCUT2D eigenvalue weighted by atomic mass is 10.2. The predicted octanol–water partition coefficient (Wildman–Crippen LogP) is 5.78. The molecule has 0 spiro atoms. The highest BCUT2D eigenvalue weighted by Gasteiger charge is 2.36. The Hall–Kier alpha value is -3.38. The lowest BCUT2D eigenvalue weighted by Gasteiger charge is -2.12. The van der Waals surface area contributed by atoms with Crippen LogP contribution in [0.1, 0.15) is 28.8 Å². The molecule has 0 saturated heterocycles. The molecule has 1 aliphatic rings. The molecule has 0 radical (unpaired) electrons. The molecule has 3 aromatic carbocycles. The molecule has 0 unspecified atom stereocenters. The van der Waals surface area contributed by atoms with Crippen LogP contribution in [0, 0.1) is 0 Å². The molecule has 37 heavy (non-hydrogen) atoms. The van der Waals surface area contributed by atoms with E-state index in [0.29, 0.717) is 36.3 Å². The van der Waals surface area contributed by atoms with Crippen LogP contribution in [0.5, 0.6) is 11.5 Å². The standard InChI is InChI=1S/C25H23F3N2O5S2/c26-25(27,28)35-19-6-1-16(2-7-19)13-14-36-20-8-3-17(4-9-20)24(32)29-18-5-12-23(31)22(15-18)30-37(33,34)21-10-11-21/h1-9,12,15,21,30-31H,10-11,13-14H2,(H,29,32). The third-order valence-electron chi connectivity index (χ3n) is 5.40. The van der Waals surface area contributed by atoms with Crippen molar-refractivity contribution < 1.29 is 36.2 Å². The van der Waals surface area contributed by atoms with E-state index in [1.165, 1.54) is 42.1 Å². The zero-order valence-electron chi connectivity index (χ0n) is 19.3. The molecule has 4 rings (SSSR count). The number of amides is 1. The van der Waals surface area contributed by atoms with Crippen LogP contribution in [0.3, 0.4) is 0 Å². The number of aryl methyl sites for hydroxylation is 1. The maximum Gasteiger partial charge on any atom is 0.573 e. The number of carbonyl (C=O) groups excluding carboxylic acids is 1. The number of thioether (sulfide) groups is 1. The van der Waals surface area contributed by atoms with Gasteiger partial charge >= 0.3 is 6.36 Å². The van der Waals surface area contributed by atoms with E-state index in [1.807, 2.05) is 0 Å². The van der Waals surface area contributed by atoms with Crippen molar-refractivity contribution in [3.8, 4) is 11.5 Å². The first-order valence-corrected chi connectivity index (χ1v) is 13.8. The van der Waals surface area contributed by atoms with Gasteiger partial charge in [-0.15, -0.1) is 24.9 Å². The number of sulfonamides is 1. The molecule has 7 nitrogen and oxygen atoms in total. The van der Waals surface area contributed by atoms with Crippen molar-refractivity contribution in [1.29, 1.82) is 0 Å². The maximum absolute atomic E-state index is 12.6. The van der Waals surface area contributed by atoms with Crippen LogP contribution >= 0.6 is 11.8 Å². The zero-order chi connectivity index (χ0) is 26.6. The summed E-state index contributed by atoms with van der Waals surface area (Å²) in [5.74, 6) is -0.229. The summed E-state index contributed by atoms with van der Waals surface area (Å²) >= 11 is 1.53. The summed E-state index contributed by atoms with van der Waals surface area (Å²) < 4.78 is 67.3. The Morgan fingerprint density at radius 1 is 1.03 bits per heavy atom. The van der Waals surface area contributed by atoms with E-state index in [0.717, 1.165) is 10.5 Å². The van der Waals surface area contributed by atoms with Crippen molar-refractivity contribution in [3.63, 3.8) is 0 Å². The normalized spacial score (nSPS) is 13.7. The molecule has 1 amide bonds. The second kappa shape index (κ2) is 10.9. The summed E-state index contributed by atoms with van der Waals surface area (Å²) in [4.78, 5) is 13.6. The molecular weight excluding hydrogens is 529 g/mol. The van der Waals surface area contributed by atoms with Gasteiger partial charge in [-0.25, -0.2) is 8.42 Å². The fourth-order valence-corrected chi connectivity index (χ4v) is 5.66. The van der Waals surface area contributed by atoms with Crippen molar-refractivity contribution in [3.05, 3.63) is 77.9 Å². The summed E-state index contributed by atoms with van der Waals surface area (Å²) in [6.07, 6.45) is -2.93. The summed E-state index contributed by atoms with van der Waals surface area (Å²) in [7, 11) is -3.57. The average molecular weight is 553 g/mol. The maximum atomic E-state index is 12.6.